The molecule has 3 N–H and O–H groups in total. The molecule has 0 spiro atoms. The molecule has 7 nitrogen and oxygen atoms in total. The molecule has 0 aromatic heterocycles. The number of nitrogens with one attached hydrogen (secondary N) is 2. The molecule has 154 valence electrons. The summed E-state index contributed by atoms with van der Waals surface area (Å²) in [6.07, 6.45) is 3.87. The molecule has 2 aliphatic rings. The number of anilines is 1. The molecule has 8 heteroatoms. The third-order valence-electron chi connectivity index (χ3n) is 5.35. The number of hydrogen-bond acceptors (Lipinski definition) is 4. The highest BCUT2D eigenvalue weighted by molar-refractivity contribution is 5.89. The Morgan fingerprint density at radius 3 is 2.64 bits per heavy atom. The summed E-state index contributed by atoms with van der Waals surface area (Å²) < 4.78 is 19.5. The smallest absolute Gasteiger partial charge is 0.319 e. The highest BCUT2D eigenvalue weighted by atomic mass is 19.1. The van der Waals surface area contributed by atoms with Crippen molar-refractivity contribution in [3.8, 4) is 0 Å². The van der Waals surface area contributed by atoms with Gasteiger partial charge >= 0.3 is 6.03 Å². The van der Waals surface area contributed by atoms with E-state index < -0.39 is 24.0 Å². The van der Waals surface area contributed by atoms with E-state index in [4.69, 9.17) is 4.74 Å². The Kier molecular flexibility index (Phi) is 7.22. The minimum atomic E-state index is -0.598. The molecular formula is C20H28FN3O4. The average Bonchev–Trinajstić information content (AvgIpc) is 2.71. The van der Waals surface area contributed by atoms with Crippen molar-refractivity contribution in [3.05, 3.63) is 30.1 Å². The summed E-state index contributed by atoms with van der Waals surface area (Å²) >= 11 is 0. The number of para-hydroxylation sites is 1. The van der Waals surface area contributed by atoms with E-state index in [0.717, 1.165) is 25.9 Å². The van der Waals surface area contributed by atoms with Crippen LogP contribution in [-0.2, 0) is 9.53 Å². The lowest BCUT2D eigenvalue weighted by Gasteiger charge is -2.37. The second-order valence-corrected chi connectivity index (χ2v) is 7.39. The fourth-order valence-electron chi connectivity index (χ4n) is 3.80. The summed E-state index contributed by atoms with van der Waals surface area (Å²) in [7, 11) is 0. The predicted molar refractivity (Wildman–Crippen MR) is 102 cm³/mol. The number of carbonyl (C=O) groups is 2. The van der Waals surface area contributed by atoms with Gasteiger partial charge in [0.25, 0.3) is 0 Å². The van der Waals surface area contributed by atoms with Gasteiger partial charge in [-0.15, -0.1) is 0 Å². The molecule has 3 amide bonds. The molecule has 2 saturated heterocycles. The SMILES string of the molecule is O=C(Nc1ccccc1F)N[C@@H]1CC[C@H](CC(=O)N2CCCCC2)O[C@@H]1CO. The lowest BCUT2D eigenvalue weighted by atomic mass is 9.96. The Hall–Kier alpha value is -2.19. The van der Waals surface area contributed by atoms with Gasteiger partial charge in [-0.1, -0.05) is 12.1 Å². The summed E-state index contributed by atoms with van der Waals surface area (Å²) in [6.45, 7) is 1.34. The summed E-state index contributed by atoms with van der Waals surface area (Å²) in [5.74, 6) is -0.433. The number of urea groups is 1. The van der Waals surface area contributed by atoms with E-state index in [0.29, 0.717) is 19.3 Å². The maximum Gasteiger partial charge on any atom is 0.319 e. The fraction of sp³-hybridized carbons (Fsp3) is 0.600. The van der Waals surface area contributed by atoms with Gasteiger partial charge in [-0.3, -0.25) is 4.79 Å². The second-order valence-electron chi connectivity index (χ2n) is 7.39. The zero-order valence-electron chi connectivity index (χ0n) is 15.9. The van der Waals surface area contributed by atoms with E-state index in [-0.39, 0.29) is 24.3 Å². The summed E-state index contributed by atoms with van der Waals surface area (Å²) in [6, 6.07) is 4.94. The molecule has 1 aromatic carbocycles. The quantitative estimate of drug-likeness (QED) is 0.716. The van der Waals surface area contributed by atoms with Crippen LogP contribution < -0.4 is 10.6 Å². The van der Waals surface area contributed by atoms with Crippen LogP contribution in [0.25, 0.3) is 0 Å². The topological polar surface area (TPSA) is 90.9 Å². The van der Waals surface area contributed by atoms with E-state index in [1.54, 1.807) is 12.1 Å². The summed E-state index contributed by atoms with van der Waals surface area (Å²) in [5.41, 5.74) is 0.0854. The van der Waals surface area contributed by atoms with Gasteiger partial charge < -0.3 is 25.4 Å². The number of rotatable bonds is 5. The standard InChI is InChI=1S/C20H28FN3O4/c21-15-6-2-3-7-16(15)22-20(27)23-17-9-8-14(28-18(17)13-25)12-19(26)24-10-4-1-5-11-24/h2-3,6-7,14,17-18,25H,1,4-5,8-13H2,(H2,22,23,27)/t14-,17-,18-/m1/s1. The van der Waals surface area contributed by atoms with Crippen LogP contribution >= 0.6 is 0 Å². The number of halogens is 1. The molecule has 0 radical (unpaired) electrons. The van der Waals surface area contributed by atoms with Crippen molar-refractivity contribution in [3.63, 3.8) is 0 Å². The first-order valence-electron chi connectivity index (χ1n) is 9.93. The molecular weight excluding hydrogens is 365 g/mol. The van der Waals surface area contributed by atoms with Crippen LogP contribution in [0.3, 0.4) is 0 Å². The van der Waals surface area contributed by atoms with Crippen LogP contribution in [0.4, 0.5) is 14.9 Å². The van der Waals surface area contributed by atoms with Crippen LogP contribution in [0, 0.1) is 5.82 Å². The van der Waals surface area contributed by atoms with Crippen molar-refractivity contribution >= 4 is 17.6 Å². The Balaban J connectivity index is 1.49. The van der Waals surface area contributed by atoms with E-state index in [9.17, 15) is 19.1 Å². The third-order valence-corrected chi connectivity index (χ3v) is 5.35. The number of likely N-dealkylation sites (tertiary alicyclic amines) is 1. The fourth-order valence-corrected chi connectivity index (χ4v) is 3.80. The van der Waals surface area contributed by atoms with Crippen molar-refractivity contribution in [2.24, 2.45) is 0 Å². The zero-order chi connectivity index (χ0) is 19.9. The van der Waals surface area contributed by atoms with Crippen LogP contribution in [0.1, 0.15) is 38.5 Å². The van der Waals surface area contributed by atoms with Crippen LogP contribution in [0.5, 0.6) is 0 Å². The van der Waals surface area contributed by atoms with Gasteiger partial charge in [0.15, 0.2) is 0 Å². The van der Waals surface area contributed by atoms with Gasteiger partial charge in [-0.05, 0) is 44.2 Å². The van der Waals surface area contributed by atoms with Crippen LogP contribution in [0.2, 0.25) is 0 Å². The molecule has 0 saturated carbocycles. The first-order valence-corrected chi connectivity index (χ1v) is 9.93. The van der Waals surface area contributed by atoms with Gasteiger partial charge in [0.1, 0.15) is 11.9 Å². The van der Waals surface area contributed by atoms with Crippen molar-refractivity contribution < 1.29 is 23.8 Å². The van der Waals surface area contributed by atoms with Crippen LogP contribution in [-0.4, -0.2) is 59.9 Å². The molecule has 0 bridgehead atoms. The number of aliphatic hydroxyl groups is 1. The normalized spacial score (nSPS) is 25.2. The lowest BCUT2D eigenvalue weighted by molar-refractivity contribution is -0.141. The largest absolute Gasteiger partial charge is 0.394 e. The van der Waals surface area contributed by atoms with Crippen molar-refractivity contribution in [1.29, 1.82) is 0 Å². The third kappa shape index (κ3) is 5.42. The van der Waals surface area contributed by atoms with Gasteiger partial charge in [0, 0.05) is 13.1 Å². The molecule has 3 atom stereocenters. The van der Waals surface area contributed by atoms with E-state index in [2.05, 4.69) is 10.6 Å². The second kappa shape index (κ2) is 9.84. The number of ether oxygens (including phenoxy) is 1. The Labute approximate surface area is 164 Å². The van der Waals surface area contributed by atoms with Crippen molar-refractivity contribution in [1.82, 2.24) is 10.2 Å². The van der Waals surface area contributed by atoms with Gasteiger partial charge in [-0.2, -0.15) is 0 Å². The number of aliphatic hydroxyl groups excluding tert-OH is 1. The Morgan fingerprint density at radius 1 is 1.18 bits per heavy atom. The number of piperidine rings is 1. The number of benzene rings is 1. The predicted octanol–water partition coefficient (Wildman–Crippen LogP) is 2.26. The number of nitrogens with zero attached hydrogens (tertiary/aromatic N) is 1. The lowest BCUT2D eigenvalue weighted by Crippen LogP contribution is -2.52. The number of amides is 3. The number of carbonyl (C=O) groups excluding carboxylic acids is 2. The van der Waals surface area contributed by atoms with Gasteiger partial charge in [0.2, 0.25) is 5.91 Å². The molecule has 0 aliphatic carbocycles. The minimum absolute atomic E-state index is 0.0854. The molecule has 1 aromatic rings. The first kappa shape index (κ1) is 20.5. The monoisotopic (exact) mass is 393 g/mol. The highest BCUT2D eigenvalue weighted by Crippen LogP contribution is 2.23. The Bertz CT molecular complexity index is 681. The first-order chi connectivity index (χ1) is 13.6. The van der Waals surface area contributed by atoms with Gasteiger partial charge in [-0.25, -0.2) is 9.18 Å². The average molecular weight is 393 g/mol. The molecule has 0 unspecified atom stereocenters. The minimum Gasteiger partial charge on any atom is -0.394 e. The number of hydrogen-bond donors (Lipinski definition) is 3. The van der Waals surface area contributed by atoms with Crippen molar-refractivity contribution in [2.45, 2.75) is 56.8 Å². The summed E-state index contributed by atoms with van der Waals surface area (Å²) in [5, 5.41) is 14.9. The van der Waals surface area contributed by atoms with Crippen molar-refractivity contribution in [2.75, 3.05) is 25.0 Å². The molecule has 28 heavy (non-hydrogen) atoms. The maximum atomic E-state index is 13.7. The van der Waals surface area contributed by atoms with E-state index in [1.165, 1.54) is 18.6 Å². The highest BCUT2D eigenvalue weighted by Gasteiger charge is 2.33. The summed E-state index contributed by atoms with van der Waals surface area (Å²) in [4.78, 5) is 26.5. The maximum absolute atomic E-state index is 13.7. The molecule has 3 rings (SSSR count). The Morgan fingerprint density at radius 2 is 1.93 bits per heavy atom. The van der Waals surface area contributed by atoms with E-state index >= 15 is 0 Å². The van der Waals surface area contributed by atoms with E-state index in [1.807, 2.05) is 4.90 Å². The van der Waals surface area contributed by atoms with Crippen LogP contribution in [0.15, 0.2) is 24.3 Å². The molecule has 2 heterocycles. The molecule has 2 fully saturated rings. The zero-order valence-corrected chi connectivity index (χ0v) is 15.9. The molecule has 2 aliphatic heterocycles. The van der Waals surface area contributed by atoms with Gasteiger partial charge in [0.05, 0.1) is 30.9 Å².